The molecule has 0 radical (unpaired) electrons. The van der Waals surface area contributed by atoms with E-state index in [4.69, 9.17) is 0 Å². The van der Waals surface area contributed by atoms with Crippen LogP contribution in [0.25, 0.3) is 0 Å². The Hall–Kier alpha value is -2.11. The fourth-order valence-corrected chi connectivity index (χ4v) is 4.76. The molecule has 2 aromatic rings. The van der Waals surface area contributed by atoms with Crippen molar-refractivity contribution in [1.82, 2.24) is 0 Å². The van der Waals surface area contributed by atoms with Crippen LogP contribution in [0.4, 0.5) is 5.69 Å². The molecule has 0 aromatic heterocycles. The van der Waals surface area contributed by atoms with E-state index in [2.05, 4.69) is 17.1 Å². The van der Waals surface area contributed by atoms with Crippen LogP contribution in [0.3, 0.4) is 0 Å². The Morgan fingerprint density at radius 3 is 2.62 bits per heavy atom. The topological polar surface area (TPSA) is 52.9 Å². The summed E-state index contributed by atoms with van der Waals surface area (Å²) in [5, 5.41) is 11.7. The van der Waals surface area contributed by atoms with Crippen LogP contribution >= 0.6 is 11.8 Å². The molecular weight excluding hydrogens is 320 g/mol. The van der Waals surface area contributed by atoms with Crippen molar-refractivity contribution in [3.05, 3.63) is 65.7 Å². The first-order chi connectivity index (χ1) is 11.6. The van der Waals surface area contributed by atoms with Crippen LogP contribution in [0.2, 0.25) is 0 Å². The van der Waals surface area contributed by atoms with Gasteiger partial charge in [-0.15, -0.1) is 0 Å². The summed E-state index contributed by atoms with van der Waals surface area (Å²) in [5.74, 6) is -0.0737. The molecule has 0 bridgehead atoms. The van der Waals surface area contributed by atoms with Gasteiger partial charge in [-0.2, -0.15) is 0 Å². The SMILES string of the molecule is CC(=O)N1c2ccccc2C2(O)N=C(CCc3ccccc3)SC12. The lowest BCUT2D eigenvalue weighted by Gasteiger charge is -2.25. The number of hydrogen-bond acceptors (Lipinski definition) is 4. The molecule has 0 saturated heterocycles. The van der Waals surface area contributed by atoms with Gasteiger partial charge in [-0.25, -0.2) is 4.99 Å². The summed E-state index contributed by atoms with van der Waals surface area (Å²) in [6.45, 7) is 1.53. The third kappa shape index (κ3) is 2.36. The number of para-hydroxylation sites is 1. The van der Waals surface area contributed by atoms with Crippen molar-refractivity contribution in [2.45, 2.75) is 30.9 Å². The molecule has 4 rings (SSSR count). The maximum atomic E-state index is 12.1. The molecule has 1 amide bonds. The number of carbonyl (C=O) groups is 1. The molecule has 2 heterocycles. The average molecular weight is 338 g/mol. The standard InChI is InChI=1S/C19H18N2O2S/c1-13(22)21-16-10-6-5-9-15(16)19(23)18(21)24-17(20-19)12-11-14-7-3-2-4-8-14/h2-10,18,23H,11-12H2,1H3. The number of benzene rings is 2. The minimum absolute atomic E-state index is 0.0737. The van der Waals surface area contributed by atoms with Gasteiger partial charge < -0.3 is 5.11 Å². The highest BCUT2D eigenvalue weighted by Crippen LogP contribution is 2.53. The molecule has 4 nitrogen and oxygen atoms in total. The maximum Gasteiger partial charge on any atom is 0.225 e. The molecular formula is C19H18N2O2S. The number of rotatable bonds is 3. The van der Waals surface area contributed by atoms with Crippen molar-refractivity contribution in [2.24, 2.45) is 4.99 Å². The smallest absolute Gasteiger partial charge is 0.225 e. The second kappa shape index (κ2) is 5.76. The molecule has 2 aromatic carbocycles. The summed E-state index contributed by atoms with van der Waals surface area (Å²) in [4.78, 5) is 18.4. The molecule has 1 N–H and O–H groups in total. The van der Waals surface area contributed by atoms with Crippen molar-refractivity contribution in [3.63, 3.8) is 0 Å². The van der Waals surface area contributed by atoms with Crippen LogP contribution in [-0.4, -0.2) is 21.4 Å². The fourth-order valence-electron chi connectivity index (χ4n) is 3.38. The minimum atomic E-state index is -1.33. The van der Waals surface area contributed by atoms with Crippen LogP contribution < -0.4 is 4.90 Å². The molecule has 5 heteroatoms. The van der Waals surface area contributed by atoms with Gasteiger partial charge in [0, 0.05) is 12.5 Å². The maximum absolute atomic E-state index is 12.1. The van der Waals surface area contributed by atoms with Crippen LogP contribution in [0, 0.1) is 0 Å². The lowest BCUT2D eigenvalue weighted by molar-refractivity contribution is -0.117. The molecule has 0 fully saturated rings. The highest BCUT2D eigenvalue weighted by molar-refractivity contribution is 8.14. The Bertz CT molecular complexity index is 821. The van der Waals surface area contributed by atoms with E-state index in [0.29, 0.717) is 5.56 Å². The van der Waals surface area contributed by atoms with Gasteiger partial charge in [-0.1, -0.05) is 60.3 Å². The van der Waals surface area contributed by atoms with Crippen molar-refractivity contribution in [2.75, 3.05) is 4.90 Å². The van der Waals surface area contributed by atoms with Gasteiger partial charge in [0.15, 0.2) is 0 Å². The summed E-state index contributed by atoms with van der Waals surface area (Å²) in [5.41, 5.74) is 1.39. The van der Waals surface area contributed by atoms with E-state index >= 15 is 0 Å². The van der Waals surface area contributed by atoms with Gasteiger partial charge in [0.25, 0.3) is 0 Å². The third-order valence-electron chi connectivity index (χ3n) is 4.49. The Morgan fingerprint density at radius 1 is 1.17 bits per heavy atom. The molecule has 2 aliphatic heterocycles. The number of aryl methyl sites for hydroxylation is 1. The van der Waals surface area contributed by atoms with Gasteiger partial charge in [0.2, 0.25) is 11.6 Å². The first-order valence-electron chi connectivity index (χ1n) is 8.00. The number of aliphatic hydroxyl groups is 1. The van der Waals surface area contributed by atoms with Gasteiger partial charge in [0.1, 0.15) is 5.37 Å². The van der Waals surface area contributed by atoms with E-state index in [1.807, 2.05) is 42.5 Å². The van der Waals surface area contributed by atoms with Crippen LogP contribution in [0.5, 0.6) is 0 Å². The Balaban J connectivity index is 1.63. The van der Waals surface area contributed by atoms with Gasteiger partial charge in [-0.05, 0) is 24.5 Å². The summed E-state index contributed by atoms with van der Waals surface area (Å²) in [6.07, 6.45) is 1.64. The predicted molar refractivity (Wildman–Crippen MR) is 97.1 cm³/mol. The van der Waals surface area contributed by atoms with Gasteiger partial charge in [0.05, 0.1) is 10.7 Å². The summed E-state index contributed by atoms with van der Waals surface area (Å²) in [7, 11) is 0. The number of fused-ring (bicyclic) bond motifs is 3. The lowest BCUT2D eigenvalue weighted by atomic mass is 10.1. The fraction of sp³-hybridized carbons (Fsp3) is 0.263. The average Bonchev–Trinajstić information content (AvgIpc) is 3.03. The number of amides is 1. The van der Waals surface area contributed by atoms with E-state index in [9.17, 15) is 9.90 Å². The highest BCUT2D eigenvalue weighted by atomic mass is 32.2. The molecule has 0 spiro atoms. The van der Waals surface area contributed by atoms with Crippen molar-refractivity contribution >= 4 is 28.4 Å². The number of aliphatic imine (C=N–C) groups is 1. The van der Waals surface area contributed by atoms with Crippen LogP contribution in [0.1, 0.15) is 24.5 Å². The number of thioether (sulfide) groups is 1. The number of nitrogens with zero attached hydrogens (tertiary/aromatic N) is 2. The zero-order chi connectivity index (χ0) is 16.7. The minimum Gasteiger partial charge on any atom is -0.363 e. The Morgan fingerprint density at radius 2 is 1.88 bits per heavy atom. The Labute approximate surface area is 145 Å². The summed E-state index contributed by atoms with van der Waals surface area (Å²) in [6, 6.07) is 17.7. The molecule has 2 aliphatic rings. The van der Waals surface area contributed by atoms with Crippen LogP contribution in [-0.2, 0) is 16.9 Å². The molecule has 0 aliphatic carbocycles. The highest BCUT2D eigenvalue weighted by Gasteiger charge is 2.55. The second-order valence-corrected chi connectivity index (χ2v) is 7.25. The van der Waals surface area contributed by atoms with E-state index in [1.165, 1.54) is 24.2 Å². The first kappa shape index (κ1) is 15.4. The first-order valence-corrected chi connectivity index (χ1v) is 8.88. The molecule has 122 valence electrons. The summed E-state index contributed by atoms with van der Waals surface area (Å²) < 4.78 is 0. The van der Waals surface area contributed by atoms with Crippen molar-refractivity contribution < 1.29 is 9.90 Å². The van der Waals surface area contributed by atoms with Crippen molar-refractivity contribution in [3.8, 4) is 0 Å². The summed E-state index contributed by atoms with van der Waals surface area (Å²) >= 11 is 1.50. The monoisotopic (exact) mass is 338 g/mol. The van der Waals surface area contributed by atoms with Crippen molar-refractivity contribution in [1.29, 1.82) is 0 Å². The molecule has 24 heavy (non-hydrogen) atoms. The molecule has 2 unspecified atom stereocenters. The number of carbonyl (C=O) groups excluding carboxylic acids is 1. The van der Waals surface area contributed by atoms with E-state index < -0.39 is 11.1 Å². The predicted octanol–water partition coefficient (Wildman–Crippen LogP) is 3.30. The van der Waals surface area contributed by atoms with E-state index in [-0.39, 0.29) is 5.91 Å². The van der Waals surface area contributed by atoms with Gasteiger partial charge in [-0.3, -0.25) is 9.69 Å². The largest absolute Gasteiger partial charge is 0.363 e. The van der Waals surface area contributed by atoms with Crippen LogP contribution in [0.15, 0.2) is 59.6 Å². The molecule has 2 atom stereocenters. The quantitative estimate of drug-likeness (QED) is 0.934. The number of hydrogen-bond donors (Lipinski definition) is 1. The second-order valence-electron chi connectivity index (χ2n) is 6.09. The zero-order valence-corrected chi connectivity index (χ0v) is 14.2. The van der Waals surface area contributed by atoms with E-state index in [0.717, 1.165) is 23.6 Å². The third-order valence-corrected chi connectivity index (χ3v) is 5.82. The zero-order valence-electron chi connectivity index (χ0n) is 13.3. The normalized spacial score (nSPS) is 24.5. The van der Waals surface area contributed by atoms with E-state index in [1.54, 1.807) is 4.90 Å². The lowest BCUT2D eigenvalue weighted by Crippen LogP contribution is -2.41. The number of anilines is 1. The van der Waals surface area contributed by atoms with Gasteiger partial charge >= 0.3 is 0 Å². The molecule has 0 saturated carbocycles. The Kier molecular flexibility index (Phi) is 3.70.